The Morgan fingerprint density at radius 3 is 2.61 bits per heavy atom. The number of carbonyl (C=O) groups excluding carboxylic acids is 2. The summed E-state index contributed by atoms with van der Waals surface area (Å²) in [4.78, 5) is 29.6. The molecule has 2 aromatic carbocycles. The standard InChI is InChI=1S/C25H20FNO5S/c26-18-4-1-3-16-17(14-33-25(16)18)19-5-2-6-20(27-19)22(30)9-8-21(29)15-7-10-24(23(31)13-15)32-12-11-28/h1-7,10,13-14,28,31H,8-9,11-12H2. The maximum Gasteiger partial charge on any atom is 0.181 e. The van der Waals surface area contributed by atoms with Crippen LogP contribution in [0.1, 0.15) is 33.7 Å². The largest absolute Gasteiger partial charge is 0.504 e. The fourth-order valence-corrected chi connectivity index (χ4v) is 4.40. The number of aliphatic hydroxyl groups is 1. The number of ketones is 2. The van der Waals surface area contributed by atoms with Crippen molar-refractivity contribution in [3.05, 3.63) is 77.1 Å². The van der Waals surface area contributed by atoms with Crippen LogP contribution in [0.15, 0.2) is 60.0 Å². The van der Waals surface area contributed by atoms with E-state index in [9.17, 15) is 19.1 Å². The topological polar surface area (TPSA) is 96.7 Å². The molecule has 8 heteroatoms. The fraction of sp³-hybridized carbons (Fsp3) is 0.160. The molecule has 0 fully saturated rings. The first-order chi connectivity index (χ1) is 16.0. The predicted octanol–water partition coefficient (Wildman–Crippen LogP) is 5.02. The number of pyridine rings is 1. The fourth-order valence-electron chi connectivity index (χ4n) is 3.43. The van der Waals surface area contributed by atoms with Crippen molar-refractivity contribution < 1.29 is 28.9 Å². The molecule has 4 aromatic rings. The van der Waals surface area contributed by atoms with E-state index < -0.39 is 0 Å². The van der Waals surface area contributed by atoms with E-state index in [4.69, 9.17) is 9.84 Å². The molecule has 2 aromatic heterocycles. The molecule has 0 saturated heterocycles. The monoisotopic (exact) mass is 465 g/mol. The molecule has 168 valence electrons. The maximum atomic E-state index is 14.0. The van der Waals surface area contributed by atoms with Gasteiger partial charge in [0.05, 0.1) is 17.0 Å². The summed E-state index contributed by atoms with van der Waals surface area (Å²) in [6, 6.07) is 14.1. The summed E-state index contributed by atoms with van der Waals surface area (Å²) >= 11 is 1.28. The van der Waals surface area contributed by atoms with Crippen LogP contribution < -0.4 is 4.74 Å². The normalized spacial score (nSPS) is 11.0. The molecular formula is C25H20FNO5S. The van der Waals surface area contributed by atoms with Crippen LogP contribution in [0.25, 0.3) is 21.3 Å². The van der Waals surface area contributed by atoms with E-state index in [0.29, 0.717) is 10.4 Å². The number of halogens is 1. The number of nitrogens with zero attached hydrogens (tertiary/aromatic N) is 1. The van der Waals surface area contributed by atoms with Gasteiger partial charge in [0.15, 0.2) is 23.1 Å². The summed E-state index contributed by atoms with van der Waals surface area (Å²) in [7, 11) is 0. The van der Waals surface area contributed by atoms with Crippen molar-refractivity contribution in [2.24, 2.45) is 0 Å². The average Bonchev–Trinajstić information content (AvgIpc) is 3.27. The van der Waals surface area contributed by atoms with Gasteiger partial charge in [-0.3, -0.25) is 9.59 Å². The van der Waals surface area contributed by atoms with Crippen molar-refractivity contribution >= 4 is 33.0 Å². The molecule has 0 bridgehead atoms. The molecule has 0 saturated carbocycles. The second-order valence-electron chi connectivity index (χ2n) is 7.27. The Kier molecular flexibility index (Phi) is 6.76. The summed E-state index contributed by atoms with van der Waals surface area (Å²) in [5.74, 6) is -0.938. The van der Waals surface area contributed by atoms with Gasteiger partial charge in [-0.1, -0.05) is 18.2 Å². The molecule has 33 heavy (non-hydrogen) atoms. The smallest absolute Gasteiger partial charge is 0.181 e. The lowest BCUT2D eigenvalue weighted by Gasteiger charge is -2.08. The Labute approximate surface area is 192 Å². The highest BCUT2D eigenvalue weighted by Crippen LogP contribution is 2.34. The lowest BCUT2D eigenvalue weighted by molar-refractivity contribution is 0.0915. The molecular weight excluding hydrogens is 445 g/mol. The number of hydrogen-bond acceptors (Lipinski definition) is 7. The minimum atomic E-state index is -0.303. The SMILES string of the molecule is O=C(CCC(=O)c1cccc(-c2csc3c(F)cccc23)n1)c1ccc(OCCO)c(O)c1. The highest BCUT2D eigenvalue weighted by Gasteiger charge is 2.16. The van der Waals surface area contributed by atoms with Crippen LogP contribution in [0.4, 0.5) is 4.39 Å². The molecule has 0 unspecified atom stereocenters. The van der Waals surface area contributed by atoms with E-state index in [1.54, 1.807) is 24.3 Å². The average molecular weight is 466 g/mol. The number of aliphatic hydroxyl groups excluding tert-OH is 1. The van der Waals surface area contributed by atoms with E-state index in [0.717, 1.165) is 10.9 Å². The number of benzene rings is 2. The van der Waals surface area contributed by atoms with Crippen molar-refractivity contribution in [1.29, 1.82) is 0 Å². The summed E-state index contributed by atoms with van der Waals surface area (Å²) in [5, 5.41) is 21.3. The molecule has 2 N–H and O–H groups in total. The Morgan fingerprint density at radius 1 is 1.03 bits per heavy atom. The number of aromatic hydroxyl groups is 1. The van der Waals surface area contributed by atoms with E-state index in [2.05, 4.69) is 4.98 Å². The van der Waals surface area contributed by atoms with Gasteiger partial charge in [-0.05, 0) is 36.4 Å². The van der Waals surface area contributed by atoms with Gasteiger partial charge in [-0.2, -0.15) is 0 Å². The first-order valence-corrected chi connectivity index (χ1v) is 11.1. The zero-order valence-electron chi connectivity index (χ0n) is 17.5. The summed E-state index contributed by atoms with van der Waals surface area (Å²) in [5.41, 5.74) is 1.79. The predicted molar refractivity (Wildman–Crippen MR) is 124 cm³/mol. The Bertz CT molecular complexity index is 1330. The number of rotatable bonds is 9. The van der Waals surface area contributed by atoms with Crippen LogP contribution in [0.2, 0.25) is 0 Å². The summed E-state index contributed by atoms with van der Waals surface area (Å²) in [6.07, 6.45) is -0.0918. The number of fused-ring (bicyclic) bond motifs is 1. The number of phenolic OH excluding ortho intramolecular Hbond substituents is 1. The van der Waals surface area contributed by atoms with E-state index in [-0.39, 0.29) is 66.2 Å². The Hall–Kier alpha value is -3.62. The van der Waals surface area contributed by atoms with Gasteiger partial charge in [0.2, 0.25) is 0 Å². The maximum absolute atomic E-state index is 14.0. The summed E-state index contributed by atoms with van der Waals surface area (Å²) < 4.78 is 19.7. The lowest BCUT2D eigenvalue weighted by Crippen LogP contribution is -2.07. The summed E-state index contributed by atoms with van der Waals surface area (Å²) in [6.45, 7) is -0.172. The van der Waals surface area contributed by atoms with Crippen molar-refractivity contribution in [1.82, 2.24) is 4.98 Å². The molecule has 0 aliphatic carbocycles. The number of ether oxygens (including phenoxy) is 1. The highest BCUT2D eigenvalue weighted by molar-refractivity contribution is 7.17. The number of hydrogen-bond donors (Lipinski definition) is 2. The minimum absolute atomic E-state index is 0.0253. The quantitative estimate of drug-likeness (QED) is 0.337. The van der Waals surface area contributed by atoms with Crippen molar-refractivity contribution in [3.8, 4) is 22.8 Å². The Balaban J connectivity index is 1.45. The third-order valence-electron chi connectivity index (χ3n) is 5.07. The van der Waals surface area contributed by atoms with Crippen LogP contribution in [-0.2, 0) is 0 Å². The van der Waals surface area contributed by atoms with Crippen LogP contribution in [0.3, 0.4) is 0 Å². The van der Waals surface area contributed by atoms with Gasteiger partial charge in [0.25, 0.3) is 0 Å². The number of carbonyl (C=O) groups is 2. The minimum Gasteiger partial charge on any atom is -0.504 e. The van der Waals surface area contributed by atoms with Gasteiger partial charge in [-0.15, -0.1) is 11.3 Å². The third kappa shape index (κ3) is 4.92. The second kappa shape index (κ2) is 9.89. The first-order valence-electron chi connectivity index (χ1n) is 10.2. The molecule has 6 nitrogen and oxygen atoms in total. The molecule has 0 amide bonds. The molecule has 0 atom stereocenters. The van der Waals surface area contributed by atoms with Crippen LogP contribution in [-0.4, -0.2) is 40.0 Å². The highest BCUT2D eigenvalue weighted by atomic mass is 32.1. The van der Waals surface area contributed by atoms with Crippen LogP contribution in [0.5, 0.6) is 11.5 Å². The van der Waals surface area contributed by atoms with E-state index in [1.165, 1.54) is 35.6 Å². The Morgan fingerprint density at radius 2 is 1.82 bits per heavy atom. The zero-order valence-corrected chi connectivity index (χ0v) is 18.3. The molecule has 4 rings (SSSR count). The van der Waals surface area contributed by atoms with Gasteiger partial charge >= 0.3 is 0 Å². The number of Topliss-reactive ketones (excluding diaryl/α,β-unsaturated/α-hetero) is 2. The van der Waals surface area contributed by atoms with E-state index in [1.807, 2.05) is 11.4 Å². The van der Waals surface area contributed by atoms with Gasteiger partial charge in [-0.25, -0.2) is 9.37 Å². The number of aromatic nitrogens is 1. The molecule has 0 spiro atoms. The van der Waals surface area contributed by atoms with Crippen LogP contribution >= 0.6 is 11.3 Å². The van der Waals surface area contributed by atoms with Gasteiger partial charge in [0, 0.05) is 34.7 Å². The van der Waals surface area contributed by atoms with Gasteiger partial charge in [0.1, 0.15) is 18.1 Å². The van der Waals surface area contributed by atoms with Gasteiger partial charge < -0.3 is 14.9 Å². The van der Waals surface area contributed by atoms with Crippen molar-refractivity contribution in [2.75, 3.05) is 13.2 Å². The molecule has 0 aliphatic heterocycles. The molecule has 0 radical (unpaired) electrons. The molecule has 2 heterocycles. The van der Waals surface area contributed by atoms with Crippen LogP contribution in [0, 0.1) is 5.82 Å². The van der Waals surface area contributed by atoms with Crippen molar-refractivity contribution in [2.45, 2.75) is 12.8 Å². The third-order valence-corrected chi connectivity index (χ3v) is 6.08. The van der Waals surface area contributed by atoms with Crippen molar-refractivity contribution in [3.63, 3.8) is 0 Å². The first kappa shape index (κ1) is 22.6. The molecule has 0 aliphatic rings. The number of thiophene rings is 1. The van der Waals surface area contributed by atoms with E-state index >= 15 is 0 Å². The lowest BCUT2D eigenvalue weighted by atomic mass is 10.0. The second-order valence-corrected chi connectivity index (χ2v) is 8.15. The zero-order chi connectivity index (χ0) is 23.4. The number of phenols is 1.